The van der Waals surface area contributed by atoms with Crippen molar-refractivity contribution >= 4 is 18.0 Å². The van der Waals surface area contributed by atoms with Gasteiger partial charge in [0.2, 0.25) is 0 Å². The van der Waals surface area contributed by atoms with Gasteiger partial charge in [-0.25, -0.2) is 4.79 Å². The minimum absolute atomic E-state index is 0.189. The quantitative estimate of drug-likeness (QED) is 0.553. The monoisotopic (exact) mass is 359 g/mol. The van der Waals surface area contributed by atoms with Crippen LogP contribution in [0.25, 0.3) is 6.08 Å². The van der Waals surface area contributed by atoms with E-state index >= 15 is 0 Å². The van der Waals surface area contributed by atoms with Gasteiger partial charge in [0.1, 0.15) is 0 Å². The highest BCUT2D eigenvalue weighted by molar-refractivity contribution is 6.16. The molecule has 1 heterocycles. The second kappa shape index (κ2) is 8.56. The fourth-order valence-corrected chi connectivity index (χ4v) is 2.92. The van der Waals surface area contributed by atoms with E-state index in [0.29, 0.717) is 34.9 Å². The van der Waals surface area contributed by atoms with Crippen LogP contribution in [-0.2, 0) is 14.3 Å². The van der Waals surface area contributed by atoms with Gasteiger partial charge >= 0.3 is 5.97 Å². The van der Waals surface area contributed by atoms with Crippen molar-refractivity contribution in [1.29, 1.82) is 0 Å². The molecule has 0 fully saturated rings. The standard InChI is InChI=1S/C20H25NO5/c1-6-7-10-21-13(2)18(20(23)26-5)15(19(21)22)11-14-8-9-16(24-3)17(12-14)25-4/h8-9,11-12H,6-7,10H2,1-5H3/b15-11-. The van der Waals surface area contributed by atoms with Gasteiger partial charge in [0, 0.05) is 12.2 Å². The number of hydrogen-bond donors (Lipinski definition) is 0. The summed E-state index contributed by atoms with van der Waals surface area (Å²) in [5, 5.41) is 0. The number of rotatable bonds is 7. The second-order valence-electron chi connectivity index (χ2n) is 5.93. The Morgan fingerprint density at radius 1 is 1.15 bits per heavy atom. The number of methoxy groups -OCH3 is 3. The van der Waals surface area contributed by atoms with Gasteiger partial charge in [-0.05, 0) is 37.1 Å². The van der Waals surface area contributed by atoms with Crippen LogP contribution in [0.15, 0.2) is 35.0 Å². The fraction of sp³-hybridized carbons (Fsp3) is 0.400. The molecule has 0 N–H and O–H groups in total. The first-order valence-corrected chi connectivity index (χ1v) is 8.53. The number of nitrogens with zero attached hydrogens (tertiary/aromatic N) is 1. The Morgan fingerprint density at radius 3 is 2.42 bits per heavy atom. The minimum atomic E-state index is -0.512. The summed E-state index contributed by atoms with van der Waals surface area (Å²) in [6.07, 6.45) is 3.51. The molecule has 0 unspecified atom stereocenters. The molecule has 1 aliphatic rings. The maximum atomic E-state index is 12.9. The molecule has 6 nitrogen and oxygen atoms in total. The minimum Gasteiger partial charge on any atom is -0.493 e. The van der Waals surface area contributed by atoms with E-state index in [1.807, 2.05) is 0 Å². The van der Waals surface area contributed by atoms with E-state index < -0.39 is 5.97 Å². The molecule has 0 spiro atoms. The number of allylic oxidation sites excluding steroid dienone is 1. The van der Waals surface area contributed by atoms with E-state index in [1.165, 1.54) is 7.11 Å². The molecule has 0 aliphatic carbocycles. The molecule has 0 radical (unpaired) electrons. The first kappa shape index (κ1) is 19.6. The summed E-state index contributed by atoms with van der Waals surface area (Å²) < 4.78 is 15.4. The van der Waals surface area contributed by atoms with Crippen LogP contribution in [0.3, 0.4) is 0 Å². The van der Waals surface area contributed by atoms with Crippen molar-refractivity contribution < 1.29 is 23.8 Å². The predicted molar refractivity (Wildman–Crippen MR) is 98.9 cm³/mol. The first-order valence-electron chi connectivity index (χ1n) is 8.53. The molecule has 140 valence electrons. The van der Waals surface area contributed by atoms with Crippen LogP contribution in [0, 0.1) is 0 Å². The summed E-state index contributed by atoms with van der Waals surface area (Å²) in [6, 6.07) is 5.33. The van der Waals surface area contributed by atoms with E-state index in [4.69, 9.17) is 14.2 Å². The van der Waals surface area contributed by atoms with Gasteiger partial charge in [0.15, 0.2) is 11.5 Å². The third-order valence-electron chi connectivity index (χ3n) is 4.35. The third kappa shape index (κ3) is 3.74. The zero-order chi connectivity index (χ0) is 19.3. The van der Waals surface area contributed by atoms with Crippen LogP contribution in [0.1, 0.15) is 32.3 Å². The lowest BCUT2D eigenvalue weighted by Crippen LogP contribution is -2.26. The average Bonchev–Trinajstić information content (AvgIpc) is 2.89. The lowest BCUT2D eigenvalue weighted by atomic mass is 10.0. The van der Waals surface area contributed by atoms with Gasteiger partial charge < -0.3 is 19.1 Å². The number of carbonyl (C=O) groups excluding carboxylic acids is 2. The zero-order valence-electron chi connectivity index (χ0n) is 15.9. The second-order valence-corrected chi connectivity index (χ2v) is 5.93. The molecular weight excluding hydrogens is 334 g/mol. The molecule has 1 aromatic rings. The zero-order valence-corrected chi connectivity index (χ0v) is 15.9. The molecule has 6 heteroatoms. The van der Waals surface area contributed by atoms with Crippen molar-refractivity contribution in [3.63, 3.8) is 0 Å². The molecule has 0 bridgehead atoms. The van der Waals surface area contributed by atoms with E-state index in [-0.39, 0.29) is 5.91 Å². The number of amides is 1. The first-order chi connectivity index (χ1) is 12.5. The summed E-state index contributed by atoms with van der Waals surface area (Å²) in [5.74, 6) is 0.444. The normalized spacial score (nSPS) is 15.7. The highest BCUT2D eigenvalue weighted by Crippen LogP contribution is 2.34. The largest absolute Gasteiger partial charge is 0.493 e. The van der Waals surface area contributed by atoms with Gasteiger partial charge in [0.05, 0.1) is 32.5 Å². The van der Waals surface area contributed by atoms with Crippen molar-refractivity contribution in [3.8, 4) is 11.5 Å². The Bertz CT molecular complexity index is 763. The molecule has 0 atom stereocenters. The van der Waals surface area contributed by atoms with Gasteiger partial charge in [-0.2, -0.15) is 0 Å². The van der Waals surface area contributed by atoms with E-state index in [2.05, 4.69) is 6.92 Å². The Morgan fingerprint density at radius 2 is 1.85 bits per heavy atom. The Kier molecular flexibility index (Phi) is 6.44. The highest BCUT2D eigenvalue weighted by atomic mass is 16.5. The third-order valence-corrected chi connectivity index (χ3v) is 4.35. The number of hydrogen-bond acceptors (Lipinski definition) is 5. The van der Waals surface area contributed by atoms with E-state index in [9.17, 15) is 9.59 Å². The van der Waals surface area contributed by atoms with Crippen LogP contribution in [0.4, 0.5) is 0 Å². The smallest absolute Gasteiger partial charge is 0.340 e. The van der Waals surface area contributed by atoms with Crippen LogP contribution < -0.4 is 9.47 Å². The number of ether oxygens (including phenoxy) is 3. The van der Waals surface area contributed by atoms with Crippen molar-refractivity contribution in [1.82, 2.24) is 4.90 Å². The lowest BCUT2D eigenvalue weighted by Gasteiger charge is -2.17. The lowest BCUT2D eigenvalue weighted by molar-refractivity contribution is -0.136. The Hall–Kier alpha value is -2.76. The number of benzene rings is 1. The van der Waals surface area contributed by atoms with Crippen LogP contribution in [0.5, 0.6) is 11.5 Å². The van der Waals surface area contributed by atoms with Crippen LogP contribution >= 0.6 is 0 Å². The average molecular weight is 359 g/mol. The van der Waals surface area contributed by atoms with Crippen LogP contribution in [0.2, 0.25) is 0 Å². The molecule has 1 amide bonds. The van der Waals surface area contributed by atoms with E-state index in [0.717, 1.165) is 18.4 Å². The molecule has 0 aromatic heterocycles. The van der Waals surface area contributed by atoms with Gasteiger partial charge in [0.25, 0.3) is 5.91 Å². The molecule has 1 aromatic carbocycles. The van der Waals surface area contributed by atoms with Gasteiger partial charge in [-0.3, -0.25) is 4.79 Å². The summed E-state index contributed by atoms with van der Waals surface area (Å²) in [7, 11) is 4.42. The van der Waals surface area contributed by atoms with Crippen molar-refractivity contribution in [2.24, 2.45) is 0 Å². The summed E-state index contributed by atoms with van der Waals surface area (Å²) >= 11 is 0. The SMILES string of the molecule is CCCCN1C(=O)/C(=C\c2ccc(OC)c(OC)c2)C(C(=O)OC)=C1C. The Balaban J connectivity index is 2.50. The van der Waals surface area contributed by atoms with Crippen molar-refractivity contribution in [2.75, 3.05) is 27.9 Å². The van der Waals surface area contributed by atoms with Crippen molar-refractivity contribution in [3.05, 3.63) is 40.6 Å². The van der Waals surface area contributed by atoms with E-state index in [1.54, 1.807) is 50.3 Å². The predicted octanol–water partition coefficient (Wildman–Crippen LogP) is 3.18. The maximum Gasteiger partial charge on any atom is 0.340 e. The number of unbranched alkanes of at least 4 members (excludes halogenated alkanes) is 1. The van der Waals surface area contributed by atoms with Gasteiger partial charge in [-0.1, -0.05) is 19.4 Å². The molecular formula is C20H25NO5. The van der Waals surface area contributed by atoms with Crippen molar-refractivity contribution in [2.45, 2.75) is 26.7 Å². The summed E-state index contributed by atoms with van der Waals surface area (Å²) in [6.45, 7) is 4.40. The molecule has 1 aliphatic heterocycles. The number of esters is 1. The summed E-state index contributed by atoms with van der Waals surface area (Å²) in [5.41, 5.74) is 2.00. The number of carbonyl (C=O) groups is 2. The topological polar surface area (TPSA) is 65.1 Å². The Labute approximate surface area is 154 Å². The molecule has 26 heavy (non-hydrogen) atoms. The van der Waals surface area contributed by atoms with Gasteiger partial charge in [-0.15, -0.1) is 0 Å². The fourth-order valence-electron chi connectivity index (χ4n) is 2.92. The maximum absolute atomic E-state index is 12.9. The van der Waals surface area contributed by atoms with Crippen LogP contribution in [-0.4, -0.2) is 44.7 Å². The molecule has 0 saturated carbocycles. The molecule has 0 saturated heterocycles. The summed E-state index contributed by atoms with van der Waals surface area (Å²) in [4.78, 5) is 26.8. The molecule has 2 rings (SSSR count). The highest BCUT2D eigenvalue weighted by Gasteiger charge is 2.36.